The molecule has 1 aliphatic rings. The molecule has 0 atom stereocenters. The van der Waals surface area contributed by atoms with E-state index in [1.54, 1.807) is 19.1 Å². The molecule has 8 nitrogen and oxygen atoms in total. The second-order valence-electron chi connectivity index (χ2n) is 7.34. The SMILES string of the molecule is Cc1cc(Cl)cc2c1C(=O)C(=c1c(=O)c3cc([N+](=O)[O-])c(Cl)c4c(Br)c([N+](=O)[O-])cc1c43)S2. The third-order valence-electron chi connectivity index (χ3n) is 5.51. The van der Waals surface area contributed by atoms with Crippen LogP contribution in [0.3, 0.4) is 0 Å². The Morgan fingerprint density at radius 1 is 0.939 bits per heavy atom. The van der Waals surface area contributed by atoms with Crippen molar-refractivity contribution in [1.82, 2.24) is 0 Å². The molecule has 12 heteroatoms. The second kappa shape index (κ2) is 7.36. The van der Waals surface area contributed by atoms with E-state index in [-0.39, 0.29) is 41.2 Å². The summed E-state index contributed by atoms with van der Waals surface area (Å²) in [5.74, 6) is -0.417. The molecule has 0 saturated carbocycles. The van der Waals surface area contributed by atoms with E-state index >= 15 is 0 Å². The maximum absolute atomic E-state index is 13.5. The smallest absolute Gasteiger partial charge is 0.289 e. The highest BCUT2D eigenvalue weighted by Crippen LogP contribution is 2.47. The molecule has 0 N–H and O–H groups in total. The first kappa shape index (κ1) is 22.0. The van der Waals surface area contributed by atoms with E-state index in [0.29, 0.717) is 21.0 Å². The van der Waals surface area contributed by atoms with Crippen LogP contribution in [0.1, 0.15) is 15.9 Å². The van der Waals surface area contributed by atoms with Gasteiger partial charge in [0.25, 0.3) is 11.4 Å². The molecule has 1 heterocycles. The minimum absolute atomic E-state index is 0.0267. The molecule has 0 saturated heterocycles. The van der Waals surface area contributed by atoms with Crippen LogP contribution in [-0.4, -0.2) is 15.6 Å². The van der Waals surface area contributed by atoms with Gasteiger partial charge in [0.15, 0.2) is 5.43 Å². The fraction of sp³-hybridized carbons (Fsp3) is 0.0476. The molecule has 33 heavy (non-hydrogen) atoms. The molecule has 5 rings (SSSR count). The summed E-state index contributed by atoms with van der Waals surface area (Å²) in [7, 11) is 0. The first-order chi connectivity index (χ1) is 15.5. The average Bonchev–Trinajstić information content (AvgIpc) is 3.18. The predicted molar refractivity (Wildman–Crippen MR) is 130 cm³/mol. The lowest BCUT2D eigenvalue weighted by Crippen LogP contribution is -2.23. The third kappa shape index (κ3) is 2.98. The highest BCUT2D eigenvalue weighted by molar-refractivity contribution is 9.10. The zero-order chi connectivity index (χ0) is 23.9. The van der Waals surface area contributed by atoms with Gasteiger partial charge >= 0.3 is 0 Å². The molecule has 0 aromatic heterocycles. The van der Waals surface area contributed by atoms with E-state index < -0.39 is 32.4 Å². The fourth-order valence-electron chi connectivity index (χ4n) is 4.17. The van der Waals surface area contributed by atoms with Crippen LogP contribution in [-0.2, 0) is 0 Å². The molecule has 0 radical (unpaired) electrons. The molecular weight excluding hydrogens is 559 g/mol. The van der Waals surface area contributed by atoms with E-state index in [2.05, 4.69) is 15.9 Å². The Morgan fingerprint density at radius 3 is 2.21 bits per heavy atom. The summed E-state index contributed by atoms with van der Waals surface area (Å²) in [6.07, 6.45) is 0. The summed E-state index contributed by atoms with van der Waals surface area (Å²) >= 11 is 16.6. The van der Waals surface area contributed by atoms with Gasteiger partial charge in [-0.3, -0.25) is 29.8 Å². The summed E-state index contributed by atoms with van der Waals surface area (Å²) in [5.41, 5.74) is -0.635. The Hall–Kier alpha value is -2.79. The molecule has 0 amide bonds. The summed E-state index contributed by atoms with van der Waals surface area (Å²) in [6.45, 7) is 1.72. The normalized spacial score (nSPS) is 15.0. The van der Waals surface area contributed by atoms with Crippen LogP contribution in [0, 0.1) is 27.2 Å². The molecule has 4 aromatic rings. The van der Waals surface area contributed by atoms with Crippen molar-refractivity contribution in [2.75, 3.05) is 0 Å². The van der Waals surface area contributed by atoms with Gasteiger partial charge in [-0.15, -0.1) is 0 Å². The van der Waals surface area contributed by atoms with E-state index in [4.69, 9.17) is 23.2 Å². The van der Waals surface area contributed by atoms with Gasteiger partial charge < -0.3 is 0 Å². The molecule has 164 valence electrons. The maximum Gasteiger partial charge on any atom is 0.289 e. The van der Waals surface area contributed by atoms with Crippen molar-refractivity contribution in [3.63, 3.8) is 0 Å². The molecule has 0 unspecified atom stereocenters. The monoisotopic (exact) mass is 564 g/mol. The van der Waals surface area contributed by atoms with Crippen LogP contribution in [0.2, 0.25) is 10.0 Å². The van der Waals surface area contributed by atoms with Crippen molar-refractivity contribution < 1.29 is 14.6 Å². The lowest BCUT2D eigenvalue weighted by atomic mass is 10.0. The lowest BCUT2D eigenvalue weighted by Gasteiger charge is -2.06. The van der Waals surface area contributed by atoms with Crippen LogP contribution in [0.4, 0.5) is 11.4 Å². The minimum Gasteiger partial charge on any atom is -0.289 e. The van der Waals surface area contributed by atoms with E-state index in [1.807, 2.05) is 0 Å². The van der Waals surface area contributed by atoms with E-state index in [9.17, 15) is 29.8 Å². The van der Waals surface area contributed by atoms with Gasteiger partial charge in [0.2, 0.25) is 5.78 Å². The summed E-state index contributed by atoms with van der Waals surface area (Å²) in [6, 6.07) is 5.46. The van der Waals surface area contributed by atoms with Crippen LogP contribution in [0.25, 0.3) is 26.5 Å². The van der Waals surface area contributed by atoms with Crippen molar-refractivity contribution >= 4 is 94.5 Å². The van der Waals surface area contributed by atoms with Crippen molar-refractivity contribution in [3.8, 4) is 0 Å². The van der Waals surface area contributed by atoms with Crippen LogP contribution in [0.15, 0.2) is 38.4 Å². The highest BCUT2D eigenvalue weighted by Gasteiger charge is 2.33. The number of Topliss-reactive ketones (excluding diaryl/α,β-unsaturated/α-hetero) is 1. The van der Waals surface area contributed by atoms with E-state index in [0.717, 1.165) is 17.8 Å². The molecular formula is C21H7BrCl2N2O6S. The van der Waals surface area contributed by atoms with Gasteiger partial charge in [0.05, 0.1) is 14.8 Å². The molecule has 0 bridgehead atoms. The van der Waals surface area contributed by atoms with Gasteiger partial charge in [-0.1, -0.05) is 35.0 Å². The minimum atomic E-state index is -0.766. The molecule has 0 fully saturated rings. The number of hydrogen-bond acceptors (Lipinski definition) is 7. The molecule has 1 aliphatic heterocycles. The predicted octanol–water partition coefficient (Wildman–Crippen LogP) is 5.80. The highest BCUT2D eigenvalue weighted by atomic mass is 79.9. The van der Waals surface area contributed by atoms with Gasteiger partial charge in [0.1, 0.15) is 9.50 Å². The number of carbonyl (C=O) groups is 1. The largest absolute Gasteiger partial charge is 0.289 e. The van der Waals surface area contributed by atoms with Crippen molar-refractivity contribution in [3.05, 3.63) is 85.6 Å². The molecule has 0 aliphatic carbocycles. The first-order valence-electron chi connectivity index (χ1n) is 9.12. The third-order valence-corrected chi connectivity index (χ3v) is 8.05. The van der Waals surface area contributed by atoms with Crippen LogP contribution < -0.4 is 10.6 Å². The number of fused-ring (bicyclic) bond motifs is 1. The number of nitro benzene ring substituents is 2. The number of halogens is 3. The quantitative estimate of drug-likeness (QED) is 0.222. The number of ketones is 1. The number of rotatable bonds is 2. The van der Waals surface area contributed by atoms with Crippen molar-refractivity contribution in [1.29, 1.82) is 0 Å². The van der Waals surface area contributed by atoms with Crippen LogP contribution in [0.5, 0.6) is 0 Å². The number of thioether (sulfide) groups is 1. The zero-order valence-electron chi connectivity index (χ0n) is 16.2. The Bertz CT molecular complexity index is 1730. The van der Waals surface area contributed by atoms with Crippen LogP contribution >= 0.6 is 50.9 Å². The van der Waals surface area contributed by atoms with Crippen molar-refractivity contribution in [2.24, 2.45) is 0 Å². The molecule has 0 spiro atoms. The first-order valence-corrected chi connectivity index (χ1v) is 11.5. The van der Waals surface area contributed by atoms with Gasteiger partial charge in [-0.25, -0.2) is 0 Å². The number of nitrogens with zero attached hydrogens (tertiary/aromatic N) is 2. The number of hydrogen-bond donors (Lipinski definition) is 0. The van der Waals surface area contributed by atoms with Gasteiger partial charge in [-0.05, 0) is 40.5 Å². The topological polar surface area (TPSA) is 120 Å². The lowest BCUT2D eigenvalue weighted by molar-refractivity contribution is -0.385. The van der Waals surface area contributed by atoms with Gasteiger partial charge in [0, 0.05) is 54.4 Å². The Labute approximate surface area is 205 Å². The summed E-state index contributed by atoms with van der Waals surface area (Å²) in [5, 5.41) is 23.6. The number of benzene rings is 3. The standard InChI is InChI=1S/C21H7BrCl2N2O6S/c1-6-2-7(23)3-12-13(6)20(28)21(33-12)15-8-4-10(25(29)30)17(22)16-14(8)9(19(15)27)5-11(18(16)24)26(31)32/h2-5H,1H3. The fourth-order valence-corrected chi connectivity index (χ4v) is 6.85. The average molecular weight is 566 g/mol. The summed E-state index contributed by atoms with van der Waals surface area (Å²) in [4.78, 5) is 49.3. The molecule has 4 aromatic carbocycles. The zero-order valence-corrected chi connectivity index (χ0v) is 20.1. The Morgan fingerprint density at radius 2 is 1.58 bits per heavy atom. The number of carbonyl (C=O) groups excluding carboxylic acids is 1. The maximum atomic E-state index is 13.5. The second-order valence-corrected chi connectivity index (χ2v) is 10.00. The van der Waals surface area contributed by atoms with Gasteiger partial charge in [-0.2, -0.15) is 0 Å². The Balaban J connectivity index is 2.04. The number of nitro groups is 2. The number of aryl methyl sites for hydroxylation is 1. The Kier molecular flexibility index (Phi) is 4.91. The summed E-state index contributed by atoms with van der Waals surface area (Å²) < 4.78 is -0.0865. The van der Waals surface area contributed by atoms with Crippen molar-refractivity contribution in [2.45, 2.75) is 11.8 Å². The van der Waals surface area contributed by atoms with E-state index in [1.165, 1.54) is 6.07 Å².